The minimum Gasteiger partial charge on any atom is -0.119 e. The van der Waals surface area contributed by atoms with E-state index in [1.807, 2.05) is 0 Å². The van der Waals surface area contributed by atoms with Crippen molar-refractivity contribution in [2.45, 2.75) is 35.6 Å². The lowest BCUT2D eigenvalue weighted by Crippen LogP contribution is -2.18. The minimum atomic E-state index is -0.864. The van der Waals surface area contributed by atoms with Gasteiger partial charge in [-0.2, -0.15) is 0 Å². The largest absolute Gasteiger partial charge is 0.147 e. The summed E-state index contributed by atoms with van der Waals surface area (Å²) in [4.78, 5) is 0. The van der Waals surface area contributed by atoms with Crippen LogP contribution in [0.25, 0.3) is 0 Å². The summed E-state index contributed by atoms with van der Waals surface area (Å²) in [5.74, 6) is 0. The van der Waals surface area contributed by atoms with Crippen LogP contribution in [-0.2, 0) is 0 Å². The van der Waals surface area contributed by atoms with Crippen molar-refractivity contribution in [1.29, 1.82) is 0 Å². The number of hydrogen-bond donors (Lipinski definition) is 0. The van der Waals surface area contributed by atoms with Gasteiger partial charge < -0.3 is 0 Å². The molecule has 0 saturated carbocycles. The Labute approximate surface area is 79.8 Å². The molecule has 0 saturated heterocycles. The third-order valence-electron chi connectivity index (χ3n) is 1.23. The second kappa shape index (κ2) is 5.04. The molecule has 0 bridgehead atoms. The van der Waals surface area contributed by atoms with Crippen LogP contribution in [0.5, 0.6) is 0 Å². The zero-order valence-corrected chi connectivity index (χ0v) is 9.33. The van der Waals surface area contributed by atoms with Crippen LogP contribution in [0.1, 0.15) is 26.2 Å². The molecular weight excluding hydrogens is 209 g/mol. The van der Waals surface area contributed by atoms with Crippen molar-refractivity contribution in [3.63, 3.8) is 0 Å². The van der Waals surface area contributed by atoms with E-state index in [9.17, 15) is 0 Å². The fraction of sp³-hybridized carbons (Fsp3) is 1.00. The zero-order valence-electron chi connectivity index (χ0n) is 5.91. The molecule has 0 spiro atoms. The van der Waals surface area contributed by atoms with Gasteiger partial charge in [0.2, 0.25) is 0 Å². The smallest absolute Gasteiger partial charge is 0.119 e. The summed E-state index contributed by atoms with van der Waals surface area (Å²) < 4.78 is -0.864. The van der Waals surface area contributed by atoms with E-state index in [4.69, 9.17) is 34.8 Å². The molecule has 0 radical (unpaired) electrons. The highest BCUT2D eigenvalue weighted by molar-refractivity contribution is 7.27. The Morgan fingerprint density at radius 1 is 1.50 bits per heavy atom. The molecule has 2 atom stereocenters. The maximum atomic E-state index is 5.85. The Bertz CT molecular complexity index is 89.5. The van der Waals surface area contributed by atoms with Crippen molar-refractivity contribution in [3.8, 4) is 0 Å². The van der Waals surface area contributed by atoms with Crippen molar-refractivity contribution in [2.24, 2.45) is 0 Å². The van der Waals surface area contributed by atoms with Crippen LogP contribution in [0, 0.1) is 0 Å². The first-order chi connectivity index (χ1) is 4.48. The predicted octanol–water partition coefficient (Wildman–Crippen LogP) is 3.79. The second-order valence-corrected chi connectivity index (χ2v) is 5.90. The molecule has 0 aromatic heterocycles. The van der Waals surface area contributed by atoms with E-state index in [0.717, 1.165) is 19.3 Å². The molecular formula is C6H12Cl3P. The van der Waals surface area contributed by atoms with Crippen molar-refractivity contribution in [1.82, 2.24) is 0 Å². The molecule has 0 aliphatic heterocycles. The van der Waals surface area contributed by atoms with E-state index in [-0.39, 0.29) is 5.38 Å². The summed E-state index contributed by atoms with van der Waals surface area (Å²) in [6.45, 7) is 2.11. The molecule has 0 aliphatic rings. The van der Waals surface area contributed by atoms with Gasteiger partial charge in [-0.15, -0.1) is 11.6 Å². The molecule has 0 heterocycles. The maximum absolute atomic E-state index is 5.85. The van der Waals surface area contributed by atoms with Gasteiger partial charge in [0, 0.05) is 0 Å². The van der Waals surface area contributed by atoms with Crippen molar-refractivity contribution in [2.75, 3.05) is 0 Å². The highest BCUT2D eigenvalue weighted by Crippen LogP contribution is 2.38. The van der Waals surface area contributed by atoms with E-state index < -0.39 is 4.07 Å². The summed E-state index contributed by atoms with van der Waals surface area (Å²) in [5, 5.41) is -0.166. The normalized spacial score (nSPS) is 15.3. The second-order valence-electron chi connectivity index (χ2n) is 2.28. The van der Waals surface area contributed by atoms with Gasteiger partial charge in [0.1, 0.15) is 4.07 Å². The van der Waals surface area contributed by atoms with Crippen LogP contribution in [0.3, 0.4) is 0 Å². The van der Waals surface area contributed by atoms with Crippen molar-refractivity contribution < 1.29 is 0 Å². The Morgan fingerprint density at radius 3 is 2.30 bits per heavy atom. The molecule has 4 heteroatoms. The first-order valence-electron chi connectivity index (χ1n) is 3.29. The molecule has 0 amide bonds. The molecule has 0 aliphatic carbocycles. The van der Waals surface area contributed by atoms with Crippen LogP contribution in [0.15, 0.2) is 0 Å². The van der Waals surface area contributed by atoms with E-state index >= 15 is 0 Å². The minimum absolute atomic E-state index is 0.166. The zero-order chi connectivity index (χ0) is 8.20. The summed E-state index contributed by atoms with van der Waals surface area (Å²) in [5.41, 5.74) is 0. The van der Waals surface area contributed by atoms with Gasteiger partial charge in [0.15, 0.2) is 0 Å². The average molecular weight is 221 g/mol. The molecule has 2 unspecified atom stereocenters. The van der Waals surface area contributed by atoms with E-state index in [1.54, 1.807) is 0 Å². The van der Waals surface area contributed by atoms with Crippen molar-refractivity contribution in [3.05, 3.63) is 0 Å². The number of unbranched alkanes of at least 4 members (excludes halogenated alkanes) is 1. The van der Waals surface area contributed by atoms with Gasteiger partial charge in [-0.05, 0) is 6.42 Å². The molecule has 0 aromatic carbocycles. The number of hydrogen-bond acceptors (Lipinski definition) is 0. The molecule has 10 heavy (non-hydrogen) atoms. The number of halogens is 3. The molecule has 0 nitrogen and oxygen atoms in total. The quantitative estimate of drug-likeness (QED) is 0.500. The summed E-state index contributed by atoms with van der Waals surface area (Å²) in [7, 11) is 2.32. The first-order valence-corrected chi connectivity index (χ1v) is 5.06. The molecule has 0 aromatic rings. The van der Waals surface area contributed by atoms with Crippen molar-refractivity contribution >= 4 is 44.0 Å². The first kappa shape index (κ1) is 11.3. The Kier molecular flexibility index (Phi) is 5.69. The fourth-order valence-electron chi connectivity index (χ4n) is 0.576. The van der Waals surface area contributed by atoms with Crippen LogP contribution < -0.4 is 0 Å². The average Bonchev–Trinajstić information content (AvgIpc) is 1.80. The van der Waals surface area contributed by atoms with Gasteiger partial charge in [0.05, 0.1) is 5.38 Å². The van der Waals surface area contributed by atoms with Crippen LogP contribution in [-0.4, -0.2) is 9.45 Å². The molecule has 0 rings (SSSR count). The molecule has 0 fully saturated rings. The van der Waals surface area contributed by atoms with Crippen LogP contribution in [0.4, 0.5) is 0 Å². The summed E-state index contributed by atoms with van der Waals surface area (Å²) in [6.07, 6.45) is 3.07. The van der Waals surface area contributed by atoms with E-state index in [1.165, 1.54) is 0 Å². The fourth-order valence-corrected chi connectivity index (χ4v) is 1.11. The predicted molar refractivity (Wildman–Crippen MR) is 53.3 cm³/mol. The van der Waals surface area contributed by atoms with Gasteiger partial charge in [-0.25, -0.2) is 0 Å². The lowest BCUT2D eigenvalue weighted by molar-refractivity contribution is 0.687. The summed E-state index contributed by atoms with van der Waals surface area (Å²) in [6, 6.07) is 0. The topological polar surface area (TPSA) is 0 Å². The van der Waals surface area contributed by atoms with Gasteiger partial charge in [-0.3, -0.25) is 0 Å². The Morgan fingerprint density at radius 2 is 2.00 bits per heavy atom. The lowest BCUT2D eigenvalue weighted by Gasteiger charge is -2.19. The van der Waals surface area contributed by atoms with Gasteiger partial charge in [0.25, 0.3) is 0 Å². The number of rotatable bonds is 4. The standard InChI is InChI=1S/C6H12Cl3P/c1-2-3-4-5(7)6(8,9)10/h5H,2-4,10H2,1H3. The maximum Gasteiger partial charge on any atom is 0.147 e. The number of alkyl halides is 3. The Hall–Kier alpha value is 1.30. The molecule has 0 N–H and O–H groups in total. The van der Waals surface area contributed by atoms with Crippen LogP contribution >= 0.6 is 44.0 Å². The van der Waals surface area contributed by atoms with E-state index in [0.29, 0.717) is 0 Å². The van der Waals surface area contributed by atoms with Crippen LogP contribution in [0.2, 0.25) is 0 Å². The molecule has 62 valence electrons. The third kappa shape index (κ3) is 5.02. The third-order valence-corrected chi connectivity index (χ3v) is 3.16. The lowest BCUT2D eigenvalue weighted by atomic mass is 10.2. The summed E-state index contributed by atoms with van der Waals surface area (Å²) >= 11 is 17.3. The monoisotopic (exact) mass is 220 g/mol. The highest BCUT2D eigenvalue weighted by Gasteiger charge is 2.26. The Balaban J connectivity index is 3.52. The van der Waals surface area contributed by atoms with E-state index in [2.05, 4.69) is 16.2 Å². The SMILES string of the molecule is CCCCC(Cl)C(P)(Cl)Cl. The highest BCUT2D eigenvalue weighted by atomic mass is 35.5. The van der Waals surface area contributed by atoms with Gasteiger partial charge in [-0.1, -0.05) is 52.2 Å². The van der Waals surface area contributed by atoms with Gasteiger partial charge >= 0.3 is 0 Å².